The zero-order chi connectivity index (χ0) is 15.1. The van der Waals surface area contributed by atoms with Gasteiger partial charge in [-0.15, -0.1) is 0 Å². The maximum Gasteiger partial charge on any atom is 0.290 e. The van der Waals surface area contributed by atoms with Crippen molar-refractivity contribution in [2.45, 2.75) is 33.7 Å². The third-order valence-corrected chi connectivity index (χ3v) is 4.44. The number of carbonyl (C=O) groups is 1. The first-order chi connectivity index (χ1) is 10.0. The molecule has 2 heterocycles. The molecule has 1 aromatic carbocycles. The van der Waals surface area contributed by atoms with Crippen molar-refractivity contribution < 1.29 is 9.21 Å². The molecule has 1 unspecified atom stereocenters. The number of nitrogens with one attached hydrogen (secondary N) is 1. The Balaban J connectivity index is 2.08. The van der Waals surface area contributed by atoms with Crippen LogP contribution in [0.1, 0.15) is 34.2 Å². The number of rotatable bonds is 1. The second kappa shape index (κ2) is 5.19. The zero-order valence-corrected chi connectivity index (χ0v) is 13.1. The third kappa shape index (κ3) is 2.23. The fraction of sp³-hybridized carbons (Fsp3) is 0.471. The largest absolute Gasteiger partial charge is 0.450 e. The van der Waals surface area contributed by atoms with E-state index in [1.807, 2.05) is 24.8 Å². The van der Waals surface area contributed by atoms with Crippen molar-refractivity contribution in [2.75, 3.05) is 19.6 Å². The standard InChI is InChI=1S/C17H22N2O2/c1-10-5-6-11(2)15-14(10)13(4)16(21-15)17(20)19-8-7-18-9-12(19)3/h5-6,12,18H,7-9H2,1-4H3. The molecule has 112 valence electrons. The van der Waals surface area contributed by atoms with E-state index in [4.69, 9.17) is 4.42 Å². The minimum Gasteiger partial charge on any atom is -0.450 e. The lowest BCUT2D eigenvalue weighted by Gasteiger charge is -2.33. The second-order valence-corrected chi connectivity index (χ2v) is 6.01. The average molecular weight is 286 g/mol. The monoisotopic (exact) mass is 286 g/mol. The van der Waals surface area contributed by atoms with E-state index in [9.17, 15) is 4.79 Å². The molecule has 0 spiro atoms. The number of benzene rings is 1. The number of carbonyl (C=O) groups excluding carboxylic acids is 1. The van der Waals surface area contributed by atoms with Crippen LogP contribution in [0, 0.1) is 20.8 Å². The van der Waals surface area contributed by atoms with Crippen molar-refractivity contribution in [1.29, 1.82) is 0 Å². The minimum atomic E-state index is 0.0106. The van der Waals surface area contributed by atoms with Gasteiger partial charge < -0.3 is 14.6 Å². The number of hydrogen-bond donors (Lipinski definition) is 1. The summed E-state index contributed by atoms with van der Waals surface area (Å²) < 4.78 is 5.96. The highest BCUT2D eigenvalue weighted by Crippen LogP contribution is 2.31. The fourth-order valence-corrected chi connectivity index (χ4v) is 3.15. The van der Waals surface area contributed by atoms with Gasteiger partial charge >= 0.3 is 0 Å². The predicted octanol–water partition coefficient (Wildman–Crippen LogP) is 2.79. The van der Waals surface area contributed by atoms with Gasteiger partial charge in [-0.3, -0.25) is 4.79 Å². The van der Waals surface area contributed by atoms with Crippen molar-refractivity contribution in [3.63, 3.8) is 0 Å². The Morgan fingerprint density at radius 3 is 2.67 bits per heavy atom. The molecule has 1 fully saturated rings. The summed E-state index contributed by atoms with van der Waals surface area (Å²) in [4.78, 5) is 14.7. The van der Waals surface area contributed by atoms with Crippen molar-refractivity contribution in [3.8, 4) is 0 Å². The Labute approximate surface area is 125 Å². The van der Waals surface area contributed by atoms with Crippen molar-refractivity contribution in [3.05, 3.63) is 34.6 Å². The topological polar surface area (TPSA) is 45.5 Å². The molecule has 2 aromatic rings. The summed E-state index contributed by atoms with van der Waals surface area (Å²) >= 11 is 0. The van der Waals surface area contributed by atoms with Crippen LogP contribution in [0.2, 0.25) is 0 Å². The molecular weight excluding hydrogens is 264 g/mol. The molecule has 4 nitrogen and oxygen atoms in total. The molecule has 1 saturated heterocycles. The van der Waals surface area contributed by atoms with Crippen molar-refractivity contribution >= 4 is 16.9 Å². The smallest absolute Gasteiger partial charge is 0.290 e. The molecule has 0 aliphatic carbocycles. The van der Waals surface area contributed by atoms with Crippen LogP contribution in [-0.4, -0.2) is 36.5 Å². The molecule has 1 amide bonds. The van der Waals surface area contributed by atoms with E-state index < -0.39 is 0 Å². The molecule has 0 radical (unpaired) electrons. The average Bonchev–Trinajstić information content (AvgIpc) is 2.82. The molecule has 1 aliphatic heterocycles. The molecular formula is C17H22N2O2. The Kier molecular flexibility index (Phi) is 3.49. The summed E-state index contributed by atoms with van der Waals surface area (Å²) in [6.45, 7) is 10.5. The van der Waals surface area contributed by atoms with Crippen LogP contribution in [0.3, 0.4) is 0 Å². The van der Waals surface area contributed by atoms with Gasteiger partial charge in [-0.1, -0.05) is 12.1 Å². The van der Waals surface area contributed by atoms with Crippen molar-refractivity contribution in [2.24, 2.45) is 0 Å². The molecule has 1 atom stereocenters. The van der Waals surface area contributed by atoms with E-state index in [0.29, 0.717) is 5.76 Å². The first-order valence-corrected chi connectivity index (χ1v) is 7.51. The minimum absolute atomic E-state index is 0.0106. The maximum atomic E-state index is 12.8. The zero-order valence-electron chi connectivity index (χ0n) is 13.1. The lowest BCUT2D eigenvalue weighted by atomic mass is 10.0. The highest BCUT2D eigenvalue weighted by Gasteiger charge is 2.29. The molecule has 1 aliphatic rings. The van der Waals surface area contributed by atoms with Crippen LogP contribution in [0.15, 0.2) is 16.5 Å². The molecule has 21 heavy (non-hydrogen) atoms. The van der Waals surface area contributed by atoms with Crippen LogP contribution < -0.4 is 5.32 Å². The lowest BCUT2D eigenvalue weighted by molar-refractivity contribution is 0.0624. The van der Waals surface area contributed by atoms with E-state index in [1.165, 1.54) is 0 Å². The summed E-state index contributed by atoms with van der Waals surface area (Å²) in [6.07, 6.45) is 0. The number of piperazine rings is 1. The van der Waals surface area contributed by atoms with Gasteiger partial charge in [0.2, 0.25) is 0 Å². The summed E-state index contributed by atoms with van der Waals surface area (Å²) in [7, 11) is 0. The van der Waals surface area contributed by atoms with Gasteiger partial charge in [-0.25, -0.2) is 0 Å². The van der Waals surface area contributed by atoms with E-state index in [0.717, 1.165) is 47.3 Å². The maximum absolute atomic E-state index is 12.8. The van der Waals surface area contributed by atoms with Gasteiger partial charge in [0.25, 0.3) is 5.91 Å². The molecule has 0 saturated carbocycles. The lowest BCUT2D eigenvalue weighted by Crippen LogP contribution is -2.52. The Morgan fingerprint density at radius 2 is 2.00 bits per heavy atom. The summed E-state index contributed by atoms with van der Waals surface area (Å²) in [6, 6.07) is 4.32. The molecule has 4 heteroatoms. The van der Waals surface area contributed by atoms with E-state index in [-0.39, 0.29) is 11.9 Å². The number of hydrogen-bond acceptors (Lipinski definition) is 3. The fourth-order valence-electron chi connectivity index (χ4n) is 3.15. The van der Waals surface area contributed by atoms with Gasteiger partial charge in [-0.05, 0) is 38.8 Å². The number of fused-ring (bicyclic) bond motifs is 1. The number of furan rings is 1. The third-order valence-electron chi connectivity index (χ3n) is 4.44. The first-order valence-electron chi connectivity index (χ1n) is 7.51. The number of aryl methyl sites for hydroxylation is 3. The predicted molar refractivity (Wildman–Crippen MR) is 83.8 cm³/mol. The van der Waals surface area contributed by atoms with Crippen LogP contribution >= 0.6 is 0 Å². The number of amides is 1. The highest BCUT2D eigenvalue weighted by molar-refractivity contribution is 6.00. The van der Waals surface area contributed by atoms with Crippen LogP contribution in [0.25, 0.3) is 11.0 Å². The van der Waals surface area contributed by atoms with E-state index in [1.54, 1.807) is 0 Å². The SMILES string of the molecule is Cc1ccc(C)c2c(C)c(C(=O)N3CCNCC3C)oc12. The molecule has 1 N–H and O–H groups in total. The van der Waals surface area contributed by atoms with Crippen molar-refractivity contribution in [1.82, 2.24) is 10.2 Å². The first kappa shape index (κ1) is 14.1. The van der Waals surface area contributed by atoms with E-state index >= 15 is 0 Å². The van der Waals surface area contributed by atoms with Crippen LogP contribution in [0.4, 0.5) is 0 Å². The summed E-state index contributed by atoms with van der Waals surface area (Å²) in [5.41, 5.74) is 4.04. The Bertz CT molecular complexity index is 702. The van der Waals surface area contributed by atoms with Crippen LogP contribution in [0.5, 0.6) is 0 Å². The highest BCUT2D eigenvalue weighted by atomic mass is 16.3. The molecule has 1 aromatic heterocycles. The number of nitrogens with zero attached hydrogens (tertiary/aromatic N) is 1. The van der Waals surface area contributed by atoms with E-state index in [2.05, 4.69) is 25.2 Å². The normalized spacial score (nSPS) is 19.2. The van der Waals surface area contributed by atoms with Gasteiger partial charge in [-0.2, -0.15) is 0 Å². The quantitative estimate of drug-likeness (QED) is 0.877. The van der Waals surface area contributed by atoms with Gasteiger partial charge in [0, 0.05) is 36.6 Å². The summed E-state index contributed by atoms with van der Waals surface area (Å²) in [5.74, 6) is 0.507. The Morgan fingerprint density at radius 1 is 1.29 bits per heavy atom. The summed E-state index contributed by atoms with van der Waals surface area (Å²) in [5, 5.41) is 4.39. The molecule has 3 rings (SSSR count). The van der Waals surface area contributed by atoms with Crippen LogP contribution in [-0.2, 0) is 0 Å². The van der Waals surface area contributed by atoms with Gasteiger partial charge in [0.15, 0.2) is 5.76 Å². The Hall–Kier alpha value is -1.81. The second-order valence-electron chi connectivity index (χ2n) is 6.01. The molecule has 0 bridgehead atoms. The van der Waals surface area contributed by atoms with Gasteiger partial charge in [0.05, 0.1) is 0 Å². The van der Waals surface area contributed by atoms with Gasteiger partial charge in [0.1, 0.15) is 5.58 Å².